The molecule has 1 N–H and O–H groups in total. The Hall–Kier alpha value is -1.35. The molecule has 0 unspecified atom stereocenters. The molecule has 0 saturated heterocycles. The number of hydrogen-bond donors (Lipinski definition) is 1. The van der Waals surface area contributed by atoms with Crippen LogP contribution in [0.15, 0.2) is 46.9 Å². The number of halogens is 2. The molecule has 19 heavy (non-hydrogen) atoms. The van der Waals surface area contributed by atoms with E-state index < -0.39 is 0 Å². The highest BCUT2D eigenvalue weighted by atomic mass is 79.9. The van der Waals surface area contributed by atoms with E-state index >= 15 is 0 Å². The second-order valence-corrected chi connectivity index (χ2v) is 5.39. The molecule has 100 valence electrons. The summed E-state index contributed by atoms with van der Waals surface area (Å²) in [6.45, 7) is 2.85. The molecule has 0 aliphatic rings. The van der Waals surface area contributed by atoms with Gasteiger partial charge in [0.05, 0.1) is 0 Å². The second kappa shape index (κ2) is 6.71. The van der Waals surface area contributed by atoms with Crippen LogP contribution in [0.3, 0.4) is 0 Å². The third-order valence-corrected chi connectivity index (χ3v) is 3.73. The Morgan fingerprint density at radius 2 is 1.84 bits per heavy atom. The van der Waals surface area contributed by atoms with Crippen LogP contribution < -0.4 is 5.32 Å². The third kappa shape index (κ3) is 4.06. The van der Waals surface area contributed by atoms with Crippen molar-refractivity contribution in [2.75, 3.05) is 5.32 Å². The lowest BCUT2D eigenvalue weighted by atomic mass is 10.1. The highest BCUT2D eigenvalue weighted by Gasteiger charge is 2.01. The Balaban J connectivity index is 1.98. The molecular weight excluding hydrogens is 305 g/mol. The number of nitrogens with one attached hydrogen (secondary N) is 1. The van der Waals surface area contributed by atoms with Crippen molar-refractivity contribution in [3.8, 4) is 0 Å². The van der Waals surface area contributed by atoms with Crippen LogP contribution in [-0.4, -0.2) is 0 Å². The van der Waals surface area contributed by atoms with Crippen LogP contribution >= 0.6 is 15.9 Å². The average Bonchev–Trinajstić information content (AvgIpc) is 2.40. The van der Waals surface area contributed by atoms with E-state index in [1.165, 1.54) is 17.7 Å². The fourth-order valence-corrected chi connectivity index (χ4v) is 2.43. The molecular formula is C16H17BrFN. The highest BCUT2D eigenvalue weighted by molar-refractivity contribution is 9.10. The molecule has 0 atom stereocenters. The predicted octanol–water partition coefficient (Wildman–Crippen LogP) is 5.15. The maximum atomic E-state index is 13.0. The van der Waals surface area contributed by atoms with Gasteiger partial charge in [-0.25, -0.2) is 4.39 Å². The molecule has 3 heteroatoms. The van der Waals surface area contributed by atoms with Crippen LogP contribution in [0.5, 0.6) is 0 Å². The number of hydrogen-bond acceptors (Lipinski definition) is 1. The van der Waals surface area contributed by atoms with Crippen molar-refractivity contribution in [1.29, 1.82) is 0 Å². The third-order valence-electron chi connectivity index (χ3n) is 2.99. The van der Waals surface area contributed by atoms with Crippen LogP contribution in [0.1, 0.15) is 24.5 Å². The summed E-state index contributed by atoms with van der Waals surface area (Å²) < 4.78 is 13.8. The van der Waals surface area contributed by atoms with Crippen molar-refractivity contribution in [1.82, 2.24) is 0 Å². The molecule has 0 spiro atoms. The number of aryl methyl sites for hydroxylation is 1. The van der Waals surface area contributed by atoms with Gasteiger partial charge in [0.15, 0.2) is 0 Å². The largest absolute Gasteiger partial charge is 0.381 e. The Labute approximate surface area is 122 Å². The summed E-state index contributed by atoms with van der Waals surface area (Å²) >= 11 is 3.37. The lowest BCUT2D eigenvalue weighted by Crippen LogP contribution is -2.00. The predicted molar refractivity (Wildman–Crippen MR) is 81.9 cm³/mol. The van der Waals surface area contributed by atoms with Gasteiger partial charge in [-0.1, -0.05) is 47.5 Å². The maximum absolute atomic E-state index is 13.0. The van der Waals surface area contributed by atoms with Crippen molar-refractivity contribution >= 4 is 21.6 Å². The molecule has 1 nitrogen and oxygen atoms in total. The van der Waals surface area contributed by atoms with Gasteiger partial charge in [-0.05, 0) is 41.8 Å². The Morgan fingerprint density at radius 3 is 2.47 bits per heavy atom. The van der Waals surface area contributed by atoms with E-state index in [9.17, 15) is 4.39 Å². The van der Waals surface area contributed by atoms with Crippen molar-refractivity contribution in [3.63, 3.8) is 0 Å². The van der Waals surface area contributed by atoms with E-state index in [2.05, 4.69) is 52.4 Å². The lowest BCUT2D eigenvalue weighted by Gasteiger charge is -2.09. The smallest absolute Gasteiger partial charge is 0.124 e. The first-order chi connectivity index (χ1) is 9.19. The van der Waals surface area contributed by atoms with E-state index in [-0.39, 0.29) is 5.82 Å². The Morgan fingerprint density at radius 1 is 1.11 bits per heavy atom. The van der Waals surface area contributed by atoms with Gasteiger partial charge in [-0.2, -0.15) is 0 Å². The minimum absolute atomic E-state index is 0.223. The monoisotopic (exact) mass is 321 g/mol. The molecule has 0 aromatic heterocycles. The summed E-state index contributed by atoms with van der Waals surface area (Å²) in [4.78, 5) is 0. The van der Waals surface area contributed by atoms with E-state index in [1.54, 1.807) is 6.07 Å². The molecule has 0 aliphatic heterocycles. The summed E-state index contributed by atoms with van der Waals surface area (Å²) in [5.74, 6) is -0.223. The van der Waals surface area contributed by atoms with E-state index in [0.717, 1.165) is 28.6 Å². The van der Waals surface area contributed by atoms with Gasteiger partial charge in [0, 0.05) is 16.7 Å². The SMILES string of the molecule is CCCc1ccc(NCc2ccc(F)cc2Br)cc1. The topological polar surface area (TPSA) is 12.0 Å². The molecule has 2 rings (SSSR count). The Bertz CT molecular complexity index is 537. The lowest BCUT2D eigenvalue weighted by molar-refractivity contribution is 0.626. The van der Waals surface area contributed by atoms with E-state index in [4.69, 9.17) is 0 Å². The molecule has 0 saturated carbocycles. The highest BCUT2D eigenvalue weighted by Crippen LogP contribution is 2.19. The summed E-state index contributed by atoms with van der Waals surface area (Å²) in [6, 6.07) is 13.2. The minimum atomic E-state index is -0.223. The van der Waals surface area contributed by atoms with Crippen LogP contribution in [0.4, 0.5) is 10.1 Å². The first-order valence-electron chi connectivity index (χ1n) is 6.46. The van der Waals surface area contributed by atoms with Crippen molar-refractivity contribution in [2.45, 2.75) is 26.3 Å². The number of benzene rings is 2. The van der Waals surface area contributed by atoms with Crippen molar-refractivity contribution < 1.29 is 4.39 Å². The quantitative estimate of drug-likeness (QED) is 0.802. The van der Waals surface area contributed by atoms with Gasteiger partial charge in [0.25, 0.3) is 0 Å². The molecule has 2 aromatic carbocycles. The number of anilines is 1. The van der Waals surface area contributed by atoms with E-state index in [0.29, 0.717) is 6.54 Å². The fraction of sp³-hybridized carbons (Fsp3) is 0.250. The standard InChI is InChI=1S/C16H17BrFN/c1-2-3-12-4-8-15(9-5-12)19-11-13-6-7-14(18)10-16(13)17/h4-10,19H,2-3,11H2,1H3. The zero-order valence-electron chi connectivity index (χ0n) is 10.9. The van der Waals surface area contributed by atoms with E-state index in [1.807, 2.05) is 0 Å². The van der Waals surface area contributed by atoms with Gasteiger partial charge in [0.1, 0.15) is 5.82 Å². The minimum Gasteiger partial charge on any atom is -0.381 e. The van der Waals surface area contributed by atoms with Gasteiger partial charge in [0.2, 0.25) is 0 Å². The van der Waals surface area contributed by atoms with Crippen molar-refractivity contribution in [3.05, 3.63) is 63.9 Å². The molecule has 0 heterocycles. The average molecular weight is 322 g/mol. The fourth-order valence-electron chi connectivity index (χ4n) is 1.94. The Kier molecular flexibility index (Phi) is 4.97. The zero-order chi connectivity index (χ0) is 13.7. The molecule has 0 amide bonds. The first kappa shape index (κ1) is 14.1. The maximum Gasteiger partial charge on any atom is 0.124 e. The summed E-state index contributed by atoms with van der Waals surface area (Å²) in [7, 11) is 0. The first-order valence-corrected chi connectivity index (χ1v) is 7.25. The summed E-state index contributed by atoms with van der Waals surface area (Å²) in [6.07, 6.45) is 2.28. The van der Waals surface area contributed by atoms with Crippen molar-refractivity contribution in [2.24, 2.45) is 0 Å². The van der Waals surface area contributed by atoms with Crippen LogP contribution in [0.25, 0.3) is 0 Å². The molecule has 2 aromatic rings. The molecule has 0 radical (unpaired) electrons. The molecule has 0 aliphatic carbocycles. The van der Waals surface area contributed by atoms with Crippen LogP contribution in [0, 0.1) is 5.82 Å². The molecule has 0 bridgehead atoms. The van der Waals surface area contributed by atoms with Crippen LogP contribution in [-0.2, 0) is 13.0 Å². The summed E-state index contributed by atoms with van der Waals surface area (Å²) in [5.41, 5.74) is 3.48. The number of rotatable bonds is 5. The normalized spacial score (nSPS) is 10.5. The van der Waals surface area contributed by atoms with Gasteiger partial charge < -0.3 is 5.32 Å². The van der Waals surface area contributed by atoms with Gasteiger partial charge in [-0.15, -0.1) is 0 Å². The zero-order valence-corrected chi connectivity index (χ0v) is 12.5. The van der Waals surface area contributed by atoms with Gasteiger partial charge >= 0.3 is 0 Å². The van der Waals surface area contributed by atoms with Gasteiger partial charge in [-0.3, -0.25) is 0 Å². The summed E-state index contributed by atoms with van der Waals surface area (Å²) in [5, 5.41) is 3.34. The second-order valence-electron chi connectivity index (χ2n) is 4.54. The molecule has 0 fully saturated rings. The van der Waals surface area contributed by atoms with Crippen LogP contribution in [0.2, 0.25) is 0 Å².